The lowest BCUT2D eigenvalue weighted by atomic mass is 10.0. The quantitative estimate of drug-likeness (QED) is 0.854. The number of ether oxygens (including phenoxy) is 1. The molecule has 0 spiro atoms. The maximum absolute atomic E-state index is 13.4. The second-order valence-electron chi connectivity index (χ2n) is 4.74. The zero-order valence-electron chi connectivity index (χ0n) is 11.4. The lowest BCUT2D eigenvalue weighted by Gasteiger charge is -2.28. The zero-order chi connectivity index (χ0) is 14.5. The highest BCUT2D eigenvalue weighted by atomic mass is 19.2. The van der Waals surface area contributed by atoms with Crippen LogP contribution in [0.4, 0.5) is 8.78 Å². The molecule has 1 aliphatic heterocycles. The number of carbonyl (C=O) groups is 1. The summed E-state index contributed by atoms with van der Waals surface area (Å²) in [6.07, 6.45) is 0.886. The van der Waals surface area contributed by atoms with Gasteiger partial charge in [-0.3, -0.25) is 4.90 Å². The van der Waals surface area contributed by atoms with Crippen LogP contribution in [-0.2, 0) is 9.53 Å². The van der Waals surface area contributed by atoms with Crippen LogP contribution < -0.4 is 5.32 Å². The molecule has 2 rings (SSSR count). The summed E-state index contributed by atoms with van der Waals surface area (Å²) >= 11 is 0. The molecule has 1 aromatic carbocycles. The number of methoxy groups -OCH3 is 1. The van der Waals surface area contributed by atoms with Crippen LogP contribution in [0.5, 0.6) is 0 Å². The molecule has 1 unspecified atom stereocenters. The number of hydrogen-bond donors (Lipinski definition) is 1. The first kappa shape index (κ1) is 14.9. The summed E-state index contributed by atoms with van der Waals surface area (Å²) in [4.78, 5) is 13.9. The lowest BCUT2D eigenvalue weighted by Crippen LogP contribution is -2.37. The third kappa shape index (κ3) is 3.32. The number of esters is 1. The Morgan fingerprint density at radius 2 is 2.10 bits per heavy atom. The van der Waals surface area contributed by atoms with Crippen LogP contribution in [-0.4, -0.2) is 44.2 Å². The molecule has 4 nitrogen and oxygen atoms in total. The minimum Gasteiger partial charge on any atom is -0.468 e. The number of rotatable bonds is 3. The number of nitrogens with one attached hydrogen (secondary N) is 1. The second-order valence-corrected chi connectivity index (χ2v) is 4.74. The molecule has 0 aromatic heterocycles. The first-order chi connectivity index (χ1) is 9.63. The van der Waals surface area contributed by atoms with E-state index in [1.165, 1.54) is 13.2 Å². The van der Waals surface area contributed by atoms with Gasteiger partial charge < -0.3 is 10.1 Å². The van der Waals surface area contributed by atoms with Gasteiger partial charge in [0.2, 0.25) is 0 Å². The largest absolute Gasteiger partial charge is 0.468 e. The van der Waals surface area contributed by atoms with Crippen LogP contribution >= 0.6 is 0 Å². The first-order valence-corrected chi connectivity index (χ1v) is 6.61. The molecule has 20 heavy (non-hydrogen) atoms. The van der Waals surface area contributed by atoms with Crippen LogP contribution in [0, 0.1) is 11.6 Å². The van der Waals surface area contributed by atoms with Crippen molar-refractivity contribution in [3.05, 3.63) is 35.4 Å². The topological polar surface area (TPSA) is 41.6 Å². The first-order valence-electron chi connectivity index (χ1n) is 6.61. The monoisotopic (exact) mass is 284 g/mol. The predicted octanol–water partition coefficient (Wildman–Crippen LogP) is 1.47. The van der Waals surface area contributed by atoms with Crippen molar-refractivity contribution in [1.29, 1.82) is 0 Å². The van der Waals surface area contributed by atoms with Crippen molar-refractivity contribution < 1.29 is 18.3 Å². The van der Waals surface area contributed by atoms with Crippen molar-refractivity contribution in [2.45, 2.75) is 12.5 Å². The summed E-state index contributed by atoms with van der Waals surface area (Å²) in [6, 6.07) is 2.83. The van der Waals surface area contributed by atoms with Gasteiger partial charge in [0, 0.05) is 19.6 Å². The van der Waals surface area contributed by atoms with Gasteiger partial charge in [-0.1, -0.05) is 6.07 Å². The number of benzene rings is 1. The van der Waals surface area contributed by atoms with Gasteiger partial charge in [0.05, 0.1) is 7.11 Å². The summed E-state index contributed by atoms with van der Waals surface area (Å²) in [7, 11) is 1.30. The van der Waals surface area contributed by atoms with E-state index >= 15 is 0 Å². The van der Waals surface area contributed by atoms with E-state index in [1.807, 2.05) is 4.90 Å². The van der Waals surface area contributed by atoms with E-state index in [0.717, 1.165) is 31.6 Å². The van der Waals surface area contributed by atoms with E-state index in [2.05, 4.69) is 5.32 Å². The fourth-order valence-corrected chi connectivity index (χ4v) is 2.41. The molecule has 1 heterocycles. The Kier molecular flexibility index (Phi) is 5.03. The third-order valence-electron chi connectivity index (χ3n) is 3.42. The fraction of sp³-hybridized carbons (Fsp3) is 0.500. The molecule has 1 fully saturated rings. The van der Waals surface area contributed by atoms with E-state index in [1.54, 1.807) is 0 Å². The van der Waals surface area contributed by atoms with Crippen molar-refractivity contribution in [2.24, 2.45) is 0 Å². The van der Waals surface area contributed by atoms with Crippen LogP contribution in [0.1, 0.15) is 18.0 Å². The van der Waals surface area contributed by atoms with Crippen LogP contribution in [0.3, 0.4) is 0 Å². The highest BCUT2D eigenvalue weighted by Crippen LogP contribution is 2.24. The molecule has 1 N–H and O–H groups in total. The van der Waals surface area contributed by atoms with E-state index in [0.29, 0.717) is 18.7 Å². The Hall–Kier alpha value is -1.53. The Morgan fingerprint density at radius 1 is 1.30 bits per heavy atom. The van der Waals surface area contributed by atoms with Gasteiger partial charge in [-0.05, 0) is 30.7 Å². The standard InChI is InChI=1S/C14H18F2N2O2/c1-20-14(19)13(18-7-2-5-17-6-8-18)10-3-4-11(15)12(16)9-10/h3-4,9,13,17H,2,5-8H2,1H3. The van der Waals surface area contributed by atoms with Crippen LogP contribution in [0.2, 0.25) is 0 Å². The predicted molar refractivity (Wildman–Crippen MR) is 70.2 cm³/mol. The SMILES string of the molecule is COC(=O)C(c1ccc(F)c(F)c1)N1CCCNCC1. The Labute approximate surface area is 116 Å². The van der Waals surface area contributed by atoms with Crippen LogP contribution in [0.25, 0.3) is 0 Å². The molecular weight excluding hydrogens is 266 g/mol. The number of halogens is 2. The fourth-order valence-electron chi connectivity index (χ4n) is 2.41. The molecule has 6 heteroatoms. The van der Waals surface area contributed by atoms with Gasteiger partial charge >= 0.3 is 5.97 Å². The lowest BCUT2D eigenvalue weighted by molar-refractivity contribution is -0.147. The maximum Gasteiger partial charge on any atom is 0.327 e. The minimum atomic E-state index is -0.954. The Balaban J connectivity index is 2.30. The van der Waals surface area contributed by atoms with E-state index in [9.17, 15) is 13.6 Å². The van der Waals surface area contributed by atoms with Crippen molar-refractivity contribution in [3.63, 3.8) is 0 Å². The van der Waals surface area contributed by atoms with Crippen molar-refractivity contribution in [1.82, 2.24) is 10.2 Å². The maximum atomic E-state index is 13.4. The van der Waals surface area contributed by atoms with E-state index in [4.69, 9.17) is 4.74 Å². The van der Waals surface area contributed by atoms with Crippen LogP contribution in [0.15, 0.2) is 18.2 Å². The molecule has 110 valence electrons. The molecule has 0 radical (unpaired) electrons. The molecule has 1 atom stereocenters. The highest BCUT2D eigenvalue weighted by Gasteiger charge is 2.29. The number of hydrogen-bond acceptors (Lipinski definition) is 4. The van der Waals surface area contributed by atoms with Gasteiger partial charge in [0.15, 0.2) is 11.6 Å². The zero-order valence-corrected chi connectivity index (χ0v) is 11.4. The summed E-state index contributed by atoms with van der Waals surface area (Å²) in [5.74, 6) is -2.34. The second kappa shape index (κ2) is 6.76. The smallest absolute Gasteiger partial charge is 0.327 e. The normalized spacial score (nSPS) is 18.4. The molecule has 0 bridgehead atoms. The summed E-state index contributed by atoms with van der Waals surface area (Å²) in [6.45, 7) is 2.98. The molecule has 1 aliphatic rings. The number of nitrogens with zero attached hydrogens (tertiary/aromatic N) is 1. The number of carbonyl (C=O) groups excluding carboxylic acids is 1. The average Bonchev–Trinajstić information content (AvgIpc) is 2.72. The molecular formula is C14H18F2N2O2. The van der Waals surface area contributed by atoms with E-state index < -0.39 is 23.6 Å². The summed E-state index contributed by atoms with van der Waals surface area (Å²) in [5.41, 5.74) is 0.414. The molecule has 0 saturated carbocycles. The van der Waals surface area contributed by atoms with Crippen molar-refractivity contribution >= 4 is 5.97 Å². The van der Waals surface area contributed by atoms with Gasteiger partial charge in [-0.15, -0.1) is 0 Å². The van der Waals surface area contributed by atoms with Crippen molar-refractivity contribution in [2.75, 3.05) is 33.3 Å². The summed E-state index contributed by atoms with van der Waals surface area (Å²) in [5, 5.41) is 3.23. The third-order valence-corrected chi connectivity index (χ3v) is 3.42. The molecule has 0 aliphatic carbocycles. The highest BCUT2D eigenvalue weighted by molar-refractivity contribution is 5.77. The Bertz CT molecular complexity index is 474. The molecule has 1 aromatic rings. The van der Waals surface area contributed by atoms with E-state index in [-0.39, 0.29) is 0 Å². The Morgan fingerprint density at radius 3 is 2.80 bits per heavy atom. The average molecular weight is 284 g/mol. The molecule has 0 amide bonds. The van der Waals surface area contributed by atoms with Gasteiger partial charge in [0.1, 0.15) is 6.04 Å². The van der Waals surface area contributed by atoms with Gasteiger partial charge in [0.25, 0.3) is 0 Å². The van der Waals surface area contributed by atoms with Gasteiger partial charge in [-0.25, -0.2) is 13.6 Å². The van der Waals surface area contributed by atoms with Crippen molar-refractivity contribution in [3.8, 4) is 0 Å². The summed E-state index contributed by atoms with van der Waals surface area (Å²) < 4.78 is 31.2. The molecule has 1 saturated heterocycles. The van der Waals surface area contributed by atoms with Gasteiger partial charge in [-0.2, -0.15) is 0 Å². The minimum absolute atomic E-state index is 0.414.